The summed E-state index contributed by atoms with van der Waals surface area (Å²) in [5, 5.41) is 3.93. The maximum Gasteiger partial charge on any atom is 0.164 e. The minimum absolute atomic E-state index is 0.293. The molecule has 1 heterocycles. The lowest BCUT2D eigenvalue weighted by atomic mass is 10.2. The van der Waals surface area contributed by atoms with Crippen LogP contribution in [-0.4, -0.2) is 21.1 Å². The molecule has 0 spiro atoms. The van der Waals surface area contributed by atoms with Crippen LogP contribution >= 0.6 is 0 Å². The third-order valence-corrected chi connectivity index (χ3v) is 2.21. The Morgan fingerprint density at radius 3 is 2.94 bits per heavy atom. The Morgan fingerprint density at radius 2 is 2.25 bits per heavy atom. The molecule has 2 aromatic rings. The van der Waals surface area contributed by atoms with Gasteiger partial charge in [-0.05, 0) is 12.1 Å². The number of benzene rings is 1. The van der Waals surface area contributed by atoms with Gasteiger partial charge in [0.1, 0.15) is 18.7 Å². The van der Waals surface area contributed by atoms with Gasteiger partial charge in [-0.3, -0.25) is 9.48 Å². The molecule has 2 rings (SSSR count). The Balaban J connectivity index is 2.10. The van der Waals surface area contributed by atoms with Crippen molar-refractivity contribution in [3.05, 3.63) is 42.0 Å². The van der Waals surface area contributed by atoms with Gasteiger partial charge in [0.2, 0.25) is 0 Å². The predicted molar refractivity (Wildman–Crippen MR) is 57.2 cm³/mol. The van der Waals surface area contributed by atoms with Gasteiger partial charge >= 0.3 is 0 Å². The van der Waals surface area contributed by atoms with E-state index in [4.69, 9.17) is 4.74 Å². The van der Waals surface area contributed by atoms with Crippen molar-refractivity contribution in [1.82, 2.24) is 14.8 Å². The van der Waals surface area contributed by atoms with E-state index in [2.05, 4.69) is 10.1 Å². The zero-order valence-corrected chi connectivity index (χ0v) is 8.83. The smallest absolute Gasteiger partial charge is 0.164 e. The molecular weight excluding hydrogens is 206 g/mol. The van der Waals surface area contributed by atoms with Gasteiger partial charge in [0.25, 0.3) is 0 Å². The number of carbonyl (C=O) groups is 1. The van der Waals surface area contributed by atoms with E-state index in [1.807, 2.05) is 6.07 Å². The number of hydrogen-bond acceptors (Lipinski definition) is 4. The molecule has 5 heteroatoms. The highest BCUT2D eigenvalue weighted by Gasteiger charge is 2.04. The van der Waals surface area contributed by atoms with Gasteiger partial charge in [-0.25, -0.2) is 4.98 Å². The summed E-state index contributed by atoms with van der Waals surface area (Å²) in [5.41, 5.74) is 0.532. The molecule has 0 radical (unpaired) electrons. The number of aromatic nitrogens is 3. The van der Waals surface area contributed by atoms with Crippen molar-refractivity contribution in [3.8, 4) is 5.75 Å². The second-order valence-corrected chi connectivity index (χ2v) is 3.24. The van der Waals surface area contributed by atoms with Gasteiger partial charge in [0.15, 0.2) is 12.1 Å². The number of aryl methyl sites for hydroxylation is 1. The summed E-state index contributed by atoms with van der Waals surface area (Å²) in [4.78, 5) is 14.8. The van der Waals surface area contributed by atoms with Crippen LogP contribution in [0.4, 0.5) is 0 Å². The summed E-state index contributed by atoms with van der Waals surface area (Å²) in [5.74, 6) is 1.27. The molecule has 0 amide bonds. The number of hydrogen-bond donors (Lipinski definition) is 0. The van der Waals surface area contributed by atoms with E-state index in [-0.39, 0.29) is 0 Å². The zero-order chi connectivity index (χ0) is 11.4. The lowest BCUT2D eigenvalue weighted by molar-refractivity contribution is 0.111. The Labute approximate surface area is 92.7 Å². The SMILES string of the molecule is Cn1ncnc1COc1ccccc1C=O. The van der Waals surface area contributed by atoms with Crippen LogP contribution in [0.1, 0.15) is 16.2 Å². The number of aldehydes is 1. The van der Waals surface area contributed by atoms with Crippen molar-refractivity contribution in [2.75, 3.05) is 0 Å². The van der Waals surface area contributed by atoms with Gasteiger partial charge in [-0.1, -0.05) is 12.1 Å². The fraction of sp³-hybridized carbons (Fsp3) is 0.182. The van der Waals surface area contributed by atoms with Gasteiger partial charge in [-0.2, -0.15) is 5.10 Å². The summed E-state index contributed by atoms with van der Waals surface area (Å²) >= 11 is 0. The molecule has 0 saturated carbocycles. The molecular formula is C11H11N3O2. The van der Waals surface area contributed by atoms with Gasteiger partial charge in [0, 0.05) is 7.05 Å². The summed E-state index contributed by atoms with van der Waals surface area (Å²) in [7, 11) is 1.79. The summed E-state index contributed by atoms with van der Waals surface area (Å²) in [6, 6.07) is 7.07. The van der Waals surface area contributed by atoms with Crippen LogP contribution in [0.5, 0.6) is 5.75 Å². The van der Waals surface area contributed by atoms with Crippen LogP contribution in [0.15, 0.2) is 30.6 Å². The second kappa shape index (κ2) is 4.57. The molecule has 0 aliphatic rings. The Bertz CT molecular complexity index is 493. The molecule has 5 nitrogen and oxygen atoms in total. The number of ether oxygens (including phenoxy) is 1. The van der Waals surface area contributed by atoms with Crippen molar-refractivity contribution >= 4 is 6.29 Å². The van der Waals surface area contributed by atoms with E-state index in [1.54, 1.807) is 29.9 Å². The van der Waals surface area contributed by atoms with Crippen LogP contribution in [0.25, 0.3) is 0 Å². The highest BCUT2D eigenvalue weighted by atomic mass is 16.5. The molecule has 0 aliphatic carbocycles. The first-order valence-corrected chi connectivity index (χ1v) is 4.81. The van der Waals surface area contributed by atoms with Crippen LogP contribution in [0, 0.1) is 0 Å². The highest BCUT2D eigenvalue weighted by Crippen LogP contribution is 2.16. The van der Waals surface area contributed by atoms with Crippen molar-refractivity contribution in [1.29, 1.82) is 0 Å². The molecule has 0 aliphatic heterocycles. The van der Waals surface area contributed by atoms with E-state index < -0.39 is 0 Å². The van der Waals surface area contributed by atoms with E-state index in [1.165, 1.54) is 6.33 Å². The monoisotopic (exact) mass is 217 g/mol. The summed E-state index contributed by atoms with van der Waals surface area (Å²) in [6.45, 7) is 0.293. The Kier molecular flexibility index (Phi) is 2.95. The van der Waals surface area contributed by atoms with Crippen molar-refractivity contribution < 1.29 is 9.53 Å². The van der Waals surface area contributed by atoms with Gasteiger partial charge in [-0.15, -0.1) is 0 Å². The van der Waals surface area contributed by atoms with E-state index >= 15 is 0 Å². The number of carbonyl (C=O) groups excluding carboxylic acids is 1. The number of nitrogens with zero attached hydrogens (tertiary/aromatic N) is 3. The van der Waals surface area contributed by atoms with E-state index in [0.29, 0.717) is 23.7 Å². The van der Waals surface area contributed by atoms with Crippen LogP contribution < -0.4 is 4.74 Å². The predicted octanol–water partition coefficient (Wildman–Crippen LogP) is 1.21. The van der Waals surface area contributed by atoms with Crippen molar-refractivity contribution in [3.63, 3.8) is 0 Å². The molecule has 0 unspecified atom stereocenters. The molecule has 0 fully saturated rings. The zero-order valence-electron chi connectivity index (χ0n) is 8.83. The lowest BCUT2D eigenvalue weighted by Gasteiger charge is -2.07. The van der Waals surface area contributed by atoms with Gasteiger partial charge < -0.3 is 4.74 Å². The largest absolute Gasteiger partial charge is 0.485 e. The molecule has 0 bridgehead atoms. The number of para-hydroxylation sites is 1. The third-order valence-electron chi connectivity index (χ3n) is 2.21. The fourth-order valence-corrected chi connectivity index (χ4v) is 1.30. The Morgan fingerprint density at radius 1 is 1.44 bits per heavy atom. The van der Waals surface area contributed by atoms with Gasteiger partial charge in [0.05, 0.1) is 5.56 Å². The highest BCUT2D eigenvalue weighted by molar-refractivity contribution is 5.79. The molecule has 16 heavy (non-hydrogen) atoms. The standard InChI is InChI=1S/C11H11N3O2/c1-14-11(12-8-13-14)7-16-10-5-3-2-4-9(10)6-15/h2-6,8H,7H2,1H3. The van der Waals surface area contributed by atoms with E-state index in [9.17, 15) is 4.79 Å². The average Bonchev–Trinajstić information content (AvgIpc) is 2.72. The van der Waals surface area contributed by atoms with Crippen LogP contribution in [-0.2, 0) is 13.7 Å². The quantitative estimate of drug-likeness (QED) is 0.722. The molecule has 1 aromatic carbocycles. The Hall–Kier alpha value is -2.17. The molecule has 82 valence electrons. The maximum atomic E-state index is 10.7. The molecule has 0 saturated heterocycles. The van der Waals surface area contributed by atoms with Crippen molar-refractivity contribution in [2.24, 2.45) is 7.05 Å². The topological polar surface area (TPSA) is 57.0 Å². The van der Waals surface area contributed by atoms with Crippen LogP contribution in [0.3, 0.4) is 0 Å². The first-order valence-electron chi connectivity index (χ1n) is 4.81. The van der Waals surface area contributed by atoms with Crippen LogP contribution in [0.2, 0.25) is 0 Å². The molecule has 1 aromatic heterocycles. The lowest BCUT2D eigenvalue weighted by Crippen LogP contribution is -2.05. The number of rotatable bonds is 4. The summed E-state index contributed by atoms with van der Waals surface area (Å²) < 4.78 is 7.13. The average molecular weight is 217 g/mol. The molecule has 0 atom stereocenters. The first kappa shape index (κ1) is 10.4. The van der Waals surface area contributed by atoms with E-state index in [0.717, 1.165) is 6.29 Å². The van der Waals surface area contributed by atoms with Crippen molar-refractivity contribution in [2.45, 2.75) is 6.61 Å². The first-order chi connectivity index (χ1) is 7.81. The second-order valence-electron chi connectivity index (χ2n) is 3.24. The summed E-state index contributed by atoms with van der Waals surface area (Å²) in [6.07, 6.45) is 2.23. The minimum atomic E-state index is 0.293. The normalized spacial score (nSPS) is 10.1. The minimum Gasteiger partial charge on any atom is -0.485 e. The molecule has 0 N–H and O–H groups in total. The fourth-order valence-electron chi connectivity index (χ4n) is 1.30. The third kappa shape index (κ3) is 2.08. The maximum absolute atomic E-state index is 10.7.